The third-order valence-corrected chi connectivity index (χ3v) is 2.07. The molecular weight excluding hydrogens is 146 g/mol. The van der Waals surface area contributed by atoms with Crippen molar-refractivity contribution in [1.29, 1.82) is 0 Å². The van der Waals surface area contributed by atoms with Crippen molar-refractivity contribution in [1.82, 2.24) is 4.98 Å². The number of nitrogens with zero attached hydrogens (tertiary/aromatic N) is 1. The van der Waals surface area contributed by atoms with Crippen molar-refractivity contribution in [3.05, 3.63) is 29.6 Å². The van der Waals surface area contributed by atoms with Crippen LogP contribution in [-0.2, 0) is 5.41 Å². The van der Waals surface area contributed by atoms with E-state index in [1.165, 1.54) is 5.56 Å². The minimum absolute atomic E-state index is 0.210. The third kappa shape index (κ3) is 1.48. The lowest BCUT2D eigenvalue weighted by atomic mass is 9.84. The molecule has 0 N–H and O–H groups in total. The summed E-state index contributed by atoms with van der Waals surface area (Å²) in [6, 6.07) is 1.98. The van der Waals surface area contributed by atoms with Gasteiger partial charge in [0.05, 0.1) is 5.41 Å². The van der Waals surface area contributed by atoms with E-state index in [9.17, 15) is 0 Å². The Kier molecular flexibility index (Phi) is 2.19. The molecule has 0 aliphatic carbocycles. The molecule has 0 bridgehead atoms. The van der Waals surface area contributed by atoms with Crippen LogP contribution in [0.25, 0.3) is 0 Å². The second kappa shape index (κ2) is 2.98. The summed E-state index contributed by atoms with van der Waals surface area (Å²) in [6.07, 6.45) is 9.06. The summed E-state index contributed by atoms with van der Waals surface area (Å²) in [7, 11) is 0. The van der Waals surface area contributed by atoms with E-state index >= 15 is 0 Å². The number of hydrogen-bond acceptors (Lipinski definition) is 1. The molecule has 0 amide bonds. The van der Waals surface area contributed by atoms with Crippen LogP contribution in [0.15, 0.2) is 18.5 Å². The summed E-state index contributed by atoms with van der Waals surface area (Å²) in [6.45, 7) is 6.10. The SMILES string of the molecule is C#CC(C)(C)c1cnccc1C. The monoisotopic (exact) mass is 159 g/mol. The van der Waals surface area contributed by atoms with Gasteiger partial charge in [0.2, 0.25) is 0 Å². The fourth-order valence-electron chi connectivity index (χ4n) is 1.20. The topological polar surface area (TPSA) is 12.9 Å². The van der Waals surface area contributed by atoms with E-state index in [0.29, 0.717) is 0 Å². The Morgan fingerprint density at radius 3 is 2.67 bits per heavy atom. The summed E-state index contributed by atoms with van der Waals surface area (Å²) in [5.74, 6) is 2.76. The van der Waals surface area contributed by atoms with Crippen LogP contribution in [-0.4, -0.2) is 4.98 Å². The quantitative estimate of drug-likeness (QED) is 0.573. The van der Waals surface area contributed by atoms with E-state index in [0.717, 1.165) is 5.56 Å². The average Bonchev–Trinajstić information content (AvgIpc) is 2.05. The molecule has 0 aliphatic heterocycles. The smallest absolute Gasteiger partial charge is 0.0521 e. The van der Waals surface area contributed by atoms with Crippen molar-refractivity contribution < 1.29 is 0 Å². The molecule has 1 heterocycles. The van der Waals surface area contributed by atoms with Crippen molar-refractivity contribution in [3.8, 4) is 12.3 Å². The second-order valence-corrected chi connectivity index (χ2v) is 3.46. The van der Waals surface area contributed by atoms with Crippen LogP contribution in [0.4, 0.5) is 0 Å². The van der Waals surface area contributed by atoms with Gasteiger partial charge in [0, 0.05) is 12.4 Å². The Morgan fingerprint density at radius 2 is 2.17 bits per heavy atom. The Morgan fingerprint density at radius 1 is 1.50 bits per heavy atom. The van der Waals surface area contributed by atoms with Crippen LogP contribution < -0.4 is 0 Å². The molecule has 12 heavy (non-hydrogen) atoms. The van der Waals surface area contributed by atoms with Gasteiger partial charge >= 0.3 is 0 Å². The summed E-state index contributed by atoms with van der Waals surface area (Å²) < 4.78 is 0. The lowest BCUT2D eigenvalue weighted by molar-refractivity contribution is 0.688. The third-order valence-electron chi connectivity index (χ3n) is 2.07. The summed E-state index contributed by atoms with van der Waals surface area (Å²) >= 11 is 0. The molecule has 0 aliphatic rings. The lowest BCUT2D eigenvalue weighted by Crippen LogP contribution is -2.15. The summed E-state index contributed by atoms with van der Waals surface area (Å²) in [5.41, 5.74) is 2.12. The molecule has 0 saturated carbocycles. The van der Waals surface area contributed by atoms with E-state index in [1.807, 2.05) is 26.1 Å². The molecule has 1 aromatic heterocycles. The minimum Gasteiger partial charge on any atom is -0.264 e. The zero-order chi connectivity index (χ0) is 9.19. The van der Waals surface area contributed by atoms with Gasteiger partial charge < -0.3 is 0 Å². The molecule has 1 aromatic rings. The maximum atomic E-state index is 5.43. The normalized spacial score (nSPS) is 10.8. The molecule has 0 radical (unpaired) electrons. The van der Waals surface area contributed by atoms with Gasteiger partial charge in [-0.25, -0.2) is 0 Å². The first-order chi connectivity index (χ1) is 5.58. The molecule has 0 aromatic carbocycles. The van der Waals surface area contributed by atoms with E-state index < -0.39 is 0 Å². The Hall–Kier alpha value is -1.29. The van der Waals surface area contributed by atoms with Gasteiger partial charge in [-0.15, -0.1) is 6.42 Å². The standard InChI is InChI=1S/C11H13N/c1-5-11(3,4)10-8-12-7-6-9(10)2/h1,6-8H,2-4H3. The van der Waals surface area contributed by atoms with Gasteiger partial charge in [-0.05, 0) is 38.0 Å². The van der Waals surface area contributed by atoms with E-state index in [2.05, 4.69) is 17.8 Å². The van der Waals surface area contributed by atoms with E-state index in [-0.39, 0.29) is 5.41 Å². The highest BCUT2D eigenvalue weighted by Crippen LogP contribution is 2.23. The number of rotatable bonds is 1. The molecule has 1 rings (SSSR count). The first kappa shape index (κ1) is 8.80. The highest BCUT2D eigenvalue weighted by Gasteiger charge is 2.18. The number of aromatic nitrogens is 1. The largest absolute Gasteiger partial charge is 0.264 e. The number of hydrogen-bond donors (Lipinski definition) is 0. The zero-order valence-electron chi connectivity index (χ0n) is 7.76. The minimum atomic E-state index is -0.210. The first-order valence-electron chi connectivity index (χ1n) is 3.97. The van der Waals surface area contributed by atoms with Gasteiger partial charge in [0.25, 0.3) is 0 Å². The number of terminal acetylenes is 1. The van der Waals surface area contributed by atoms with Crippen LogP contribution >= 0.6 is 0 Å². The van der Waals surface area contributed by atoms with Crippen LogP contribution in [0.1, 0.15) is 25.0 Å². The van der Waals surface area contributed by atoms with Crippen molar-refractivity contribution in [2.45, 2.75) is 26.2 Å². The Balaban J connectivity index is 3.22. The van der Waals surface area contributed by atoms with Gasteiger partial charge in [0.15, 0.2) is 0 Å². The molecule has 0 spiro atoms. The number of pyridine rings is 1. The predicted octanol–water partition coefficient (Wildman–Crippen LogP) is 2.30. The molecule has 0 saturated heterocycles. The predicted molar refractivity (Wildman–Crippen MR) is 50.8 cm³/mol. The molecule has 1 nitrogen and oxygen atoms in total. The summed E-state index contributed by atoms with van der Waals surface area (Å²) in [5, 5.41) is 0. The van der Waals surface area contributed by atoms with Crippen molar-refractivity contribution in [2.24, 2.45) is 0 Å². The highest BCUT2D eigenvalue weighted by molar-refractivity contribution is 5.35. The average molecular weight is 159 g/mol. The molecule has 0 atom stereocenters. The molecule has 0 unspecified atom stereocenters. The van der Waals surface area contributed by atoms with E-state index in [1.54, 1.807) is 6.20 Å². The van der Waals surface area contributed by atoms with E-state index in [4.69, 9.17) is 6.42 Å². The second-order valence-electron chi connectivity index (χ2n) is 3.46. The molecular formula is C11H13N. The van der Waals surface area contributed by atoms with Gasteiger partial charge in [-0.2, -0.15) is 0 Å². The maximum Gasteiger partial charge on any atom is 0.0521 e. The van der Waals surface area contributed by atoms with Crippen molar-refractivity contribution in [3.63, 3.8) is 0 Å². The Labute approximate surface area is 73.8 Å². The van der Waals surface area contributed by atoms with Crippen LogP contribution in [0.5, 0.6) is 0 Å². The fraction of sp³-hybridized carbons (Fsp3) is 0.364. The van der Waals surface area contributed by atoms with Gasteiger partial charge in [-0.3, -0.25) is 4.98 Å². The maximum absolute atomic E-state index is 5.43. The van der Waals surface area contributed by atoms with Gasteiger partial charge in [0.1, 0.15) is 0 Å². The molecule has 62 valence electrons. The van der Waals surface area contributed by atoms with Crippen molar-refractivity contribution in [2.75, 3.05) is 0 Å². The fourth-order valence-corrected chi connectivity index (χ4v) is 1.20. The van der Waals surface area contributed by atoms with Gasteiger partial charge in [-0.1, -0.05) is 5.92 Å². The zero-order valence-corrected chi connectivity index (χ0v) is 7.76. The Bertz CT molecular complexity index is 318. The number of aryl methyl sites for hydroxylation is 1. The molecule has 0 fully saturated rings. The summed E-state index contributed by atoms with van der Waals surface area (Å²) in [4.78, 5) is 4.06. The van der Waals surface area contributed by atoms with Crippen LogP contribution in [0.3, 0.4) is 0 Å². The lowest BCUT2D eigenvalue weighted by Gasteiger charge is -2.19. The van der Waals surface area contributed by atoms with Crippen LogP contribution in [0.2, 0.25) is 0 Å². The molecule has 1 heteroatoms. The van der Waals surface area contributed by atoms with Crippen molar-refractivity contribution >= 4 is 0 Å². The van der Waals surface area contributed by atoms with Crippen LogP contribution in [0, 0.1) is 19.3 Å². The first-order valence-corrected chi connectivity index (χ1v) is 3.97. The highest BCUT2D eigenvalue weighted by atomic mass is 14.6.